The third-order valence-electron chi connectivity index (χ3n) is 6.65. The van der Waals surface area contributed by atoms with E-state index in [-0.39, 0.29) is 41.7 Å². The van der Waals surface area contributed by atoms with Gasteiger partial charge in [0, 0.05) is 50.9 Å². The molecule has 0 bridgehead atoms. The van der Waals surface area contributed by atoms with Crippen LogP contribution in [0.4, 0.5) is 5.69 Å². The van der Waals surface area contributed by atoms with Crippen LogP contribution in [0.1, 0.15) is 18.4 Å². The number of nitro benzene ring substituents is 1. The van der Waals surface area contributed by atoms with Gasteiger partial charge in [-0.25, -0.2) is 13.2 Å². The van der Waals surface area contributed by atoms with E-state index in [4.69, 9.17) is 0 Å². The topological polar surface area (TPSA) is 129 Å². The van der Waals surface area contributed by atoms with Gasteiger partial charge in [-0.2, -0.15) is 13.3 Å². The van der Waals surface area contributed by atoms with Crippen LogP contribution in [0.2, 0.25) is 0 Å². The molecule has 11 nitrogen and oxygen atoms in total. The molecule has 12 heteroatoms. The van der Waals surface area contributed by atoms with Crippen molar-refractivity contribution in [1.29, 1.82) is 0 Å². The molecule has 1 aromatic carbocycles. The molecule has 1 aliphatic heterocycles. The molecule has 0 unspecified atom stereocenters. The molecule has 184 valence electrons. The Morgan fingerprint density at radius 3 is 2.37 bits per heavy atom. The molecule has 3 aromatic rings. The van der Waals surface area contributed by atoms with Crippen LogP contribution in [0.3, 0.4) is 0 Å². The summed E-state index contributed by atoms with van der Waals surface area (Å²) >= 11 is 0. The van der Waals surface area contributed by atoms with Crippen molar-refractivity contribution in [2.75, 3.05) is 26.2 Å². The standard InChI is InChI=1S/C23H25N5O6S/c29-22-20(23(30)27(15-17-4-5-17)21-3-1-2-10-26(21)22)16-24-11-13-25(14-12-24)35(33,34)19-8-6-18(7-9-19)28(31)32/h1-3,6-10,17H,4-5,11-16H2/p+1. The molecular weight excluding hydrogens is 474 g/mol. The second kappa shape index (κ2) is 9.02. The first kappa shape index (κ1) is 23.4. The van der Waals surface area contributed by atoms with Gasteiger partial charge in [0.2, 0.25) is 10.0 Å². The molecule has 3 heterocycles. The monoisotopic (exact) mass is 500 g/mol. The Balaban J connectivity index is 1.34. The van der Waals surface area contributed by atoms with Gasteiger partial charge in [-0.3, -0.25) is 15.0 Å². The van der Waals surface area contributed by atoms with Crippen molar-refractivity contribution in [3.63, 3.8) is 0 Å². The largest absolute Gasteiger partial charge is 0.477 e. The van der Waals surface area contributed by atoms with Gasteiger partial charge in [-0.15, -0.1) is 0 Å². The number of sulfonamides is 1. The summed E-state index contributed by atoms with van der Waals surface area (Å²) in [7, 11) is -3.79. The summed E-state index contributed by atoms with van der Waals surface area (Å²) in [6, 6.07) is 10.3. The quantitative estimate of drug-likeness (QED) is 0.292. The predicted octanol–water partition coefficient (Wildman–Crippen LogP) is 1.12. The minimum Gasteiger partial charge on any atom is -0.477 e. The highest BCUT2D eigenvalue weighted by molar-refractivity contribution is 7.89. The number of aromatic hydroxyl groups is 1. The molecule has 0 spiro atoms. The number of benzene rings is 1. The van der Waals surface area contributed by atoms with Crippen molar-refractivity contribution < 1.29 is 23.0 Å². The number of nitro groups is 1. The third kappa shape index (κ3) is 4.51. The second-order valence-corrected chi connectivity index (χ2v) is 11.0. The van der Waals surface area contributed by atoms with E-state index in [9.17, 15) is 28.4 Å². The molecule has 1 saturated carbocycles. The maximum atomic E-state index is 13.2. The highest BCUT2D eigenvalue weighted by atomic mass is 32.2. The van der Waals surface area contributed by atoms with Crippen LogP contribution in [0.25, 0.3) is 5.65 Å². The lowest BCUT2D eigenvalue weighted by Crippen LogP contribution is -2.49. The van der Waals surface area contributed by atoms with E-state index in [1.54, 1.807) is 21.2 Å². The zero-order valence-corrected chi connectivity index (χ0v) is 19.8. The molecule has 1 saturated heterocycles. The first-order valence-corrected chi connectivity index (χ1v) is 12.9. The number of nitrogens with zero attached hydrogens (tertiary/aromatic N) is 5. The molecular formula is C23H26N5O6S+. The zero-order chi connectivity index (χ0) is 24.7. The fourth-order valence-corrected chi connectivity index (χ4v) is 5.88. The third-order valence-corrected chi connectivity index (χ3v) is 8.57. The van der Waals surface area contributed by atoms with Gasteiger partial charge >= 0.3 is 5.56 Å². The summed E-state index contributed by atoms with van der Waals surface area (Å²) in [5.74, 6) is 0.461. The molecule has 0 amide bonds. The number of hydrogen-bond donors (Lipinski definition) is 1. The number of non-ortho nitro benzene ring substituents is 1. The van der Waals surface area contributed by atoms with Gasteiger partial charge in [-0.1, -0.05) is 6.07 Å². The summed E-state index contributed by atoms with van der Waals surface area (Å²) < 4.78 is 30.6. The molecule has 2 aliphatic rings. The number of rotatable bonds is 7. The van der Waals surface area contributed by atoms with Crippen LogP contribution in [0.5, 0.6) is 5.88 Å². The van der Waals surface area contributed by atoms with Gasteiger partial charge < -0.3 is 5.11 Å². The van der Waals surface area contributed by atoms with Crippen LogP contribution in [-0.2, 0) is 23.1 Å². The number of aromatic nitrogens is 2. The van der Waals surface area contributed by atoms with Crippen molar-refractivity contribution in [2.45, 2.75) is 30.8 Å². The van der Waals surface area contributed by atoms with Crippen molar-refractivity contribution in [1.82, 2.24) is 13.6 Å². The van der Waals surface area contributed by atoms with Gasteiger partial charge in [0.25, 0.3) is 17.2 Å². The van der Waals surface area contributed by atoms with E-state index in [1.165, 1.54) is 28.6 Å². The molecule has 35 heavy (non-hydrogen) atoms. The predicted molar refractivity (Wildman–Crippen MR) is 125 cm³/mol. The number of hydrogen-bond acceptors (Lipinski definition) is 7. The highest BCUT2D eigenvalue weighted by Crippen LogP contribution is 2.30. The second-order valence-electron chi connectivity index (χ2n) is 9.02. The normalized spacial score (nSPS) is 17.6. The summed E-state index contributed by atoms with van der Waals surface area (Å²) in [6.07, 6.45) is 3.90. The number of pyridine rings is 1. The Bertz CT molecular complexity index is 1440. The Morgan fingerprint density at radius 1 is 1.06 bits per heavy atom. The Labute approximate surface area is 201 Å². The van der Waals surface area contributed by atoms with Crippen LogP contribution in [0, 0.1) is 16.0 Å². The smallest absolute Gasteiger partial charge is 0.350 e. The summed E-state index contributed by atoms with van der Waals surface area (Å²) in [5.41, 5.74) is 0.478. The molecule has 0 atom stereocenters. The van der Waals surface area contributed by atoms with Crippen LogP contribution < -0.4 is 10.1 Å². The van der Waals surface area contributed by atoms with E-state index in [0.717, 1.165) is 12.8 Å². The van der Waals surface area contributed by atoms with Gasteiger partial charge in [0.15, 0.2) is 0 Å². The van der Waals surface area contributed by atoms with Crippen molar-refractivity contribution in [3.05, 3.63) is 74.7 Å². The SMILES string of the molecule is O=c1c(CN2CCN(S(=O)(=O)c3ccc([N+](=O)[O-])cc3)CC2)c(O)[n+](CC2CC2)c2ccccn12. The van der Waals surface area contributed by atoms with E-state index >= 15 is 0 Å². The summed E-state index contributed by atoms with van der Waals surface area (Å²) in [4.78, 5) is 25.4. The average molecular weight is 501 g/mol. The first-order valence-electron chi connectivity index (χ1n) is 11.5. The number of fused-ring (bicyclic) bond motifs is 1. The fourth-order valence-electron chi connectivity index (χ4n) is 4.46. The first-order chi connectivity index (χ1) is 16.8. The molecule has 5 rings (SSSR count). The van der Waals surface area contributed by atoms with Gasteiger partial charge in [0.05, 0.1) is 22.6 Å². The van der Waals surface area contributed by atoms with Crippen molar-refractivity contribution >= 4 is 21.4 Å². The highest BCUT2D eigenvalue weighted by Gasteiger charge is 2.33. The van der Waals surface area contributed by atoms with E-state index in [0.29, 0.717) is 36.8 Å². The molecule has 2 aromatic heterocycles. The fraction of sp³-hybridized carbons (Fsp3) is 0.391. The lowest BCUT2D eigenvalue weighted by atomic mass is 10.2. The van der Waals surface area contributed by atoms with E-state index in [2.05, 4.69) is 0 Å². The number of piperazine rings is 1. The van der Waals surface area contributed by atoms with E-state index in [1.807, 2.05) is 17.0 Å². The Kier molecular flexibility index (Phi) is 6.03. The van der Waals surface area contributed by atoms with Crippen LogP contribution in [-0.4, -0.2) is 58.2 Å². The molecule has 2 fully saturated rings. The molecule has 0 radical (unpaired) electrons. The summed E-state index contributed by atoms with van der Waals surface area (Å²) in [5, 5.41) is 21.9. The van der Waals surface area contributed by atoms with Crippen LogP contribution in [0.15, 0.2) is 58.4 Å². The lowest BCUT2D eigenvalue weighted by molar-refractivity contribution is -0.684. The van der Waals surface area contributed by atoms with Gasteiger partial charge in [0.1, 0.15) is 5.56 Å². The van der Waals surface area contributed by atoms with Gasteiger partial charge in [-0.05, 0) is 37.0 Å². The summed E-state index contributed by atoms with van der Waals surface area (Å²) in [6.45, 7) is 2.02. The minimum atomic E-state index is -3.79. The van der Waals surface area contributed by atoms with Crippen LogP contribution >= 0.6 is 0 Å². The van der Waals surface area contributed by atoms with Crippen molar-refractivity contribution in [3.8, 4) is 5.88 Å². The molecule has 1 aliphatic carbocycles. The Morgan fingerprint density at radius 2 is 1.74 bits per heavy atom. The molecule has 1 N–H and O–H groups in total. The Hall–Kier alpha value is -3.35. The lowest BCUT2D eigenvalue weighted by Gasteiger charge is -2.33. The zero-order valence-electron chi connectivity index (χ0n) is 19.0. The minimum absolute atomic E-state index is 0.00286. The maximum absolute atomic E-state index is 13.2. The average Bonchev–Trinajstić information content (AvgIpc) is 3.69. The maximum Gasteiger partial charge on any atom is 0.350 e. The van der Waals surface area contributed by atoms with E-state index < -0.39 is 14.9 Å². The van der Waals surface area contributed by atoms with Crippen molar-refractivity contribution in [2.24, 2.45) is 5.92 Å².